The third kappa shape index (κ3) is 5.71. The molecule has 0 amide bonds. The predicted molar refractivity (Wildman–Crippen MR) is 103 cm³/mol. The van der Waals surface area contributed by atoms with Crippen molar-refractivity contribution in [3.63, 3.8) is 0 Å². The molecule has 27 heavy (non-hydrogen) atoms. The summed E-state index contributed by atoms with van der Waals surface area (Å²) in [7, 11) is 0. The Morgan fingerprint density at radius 1 is 1.07 bits per heavy atom. The second kappa shape index (κ2) is 9.57. The van der Waals surface area contributed by atoms with Crippen LogP contribution in [0.3, 0.4) is 0 Å². The largest absolute Gasteiger partial charge is 0.493 e. The molecule has 5 heteroatoms. The van der Waals surface area contributed by atoms with Crippen LogP contribution in [0.5, 0.6) is 5.75 Å². The Bertz CT molecular complexity index is 842. The number of rotatable bonds is 9. The molecule has 0 aliphatic carbocycles. The monoisotopic (exact) mass is 365 g/mol. The number of esters is 1. The van der Waals surface area contributed by atoms with E-state index < -0.39 is 0 Å². The zero-order chi connectivity index (χ0) is 18.9. The minimum Gasteiger partial charge on any atom is -0.493 e. The number of benzene rings is 2. The van der Waals surface area contributed by atoms with Gasteiger partial charge in [-0.1, -0.05) is 30.3 Å². The lowest BCUT2D eigenvalue weighted by Gasteiger charge is -2.06. The van der Waals surface area contributed by atoms with Gasteiger partial charge in [-0.05, 0) is 36.8 Å². The van der Waals surface area contributed by atoms with Gasteiger partial charge in [0.05, 0.1) is 25.3 Å². The van der Waals surface area contributed by atoms with E-state index in [-0.39, 0.29) is 5.97 Å². The number of aryl methyl sites for hydroxylation is 1. The summed E-state index contributed by atoms with van der Waals surface area (Å²) >= 11 is 0. The number of hydrogen-bond acceptors (Lipinski definition) is 3. The Hall–Kier alpha value is -3.08. The van der Waals surface area contributed by atoms with Gasteiger partial charge in [-0.15, -0.1) is 0 Å². The standard InChI is InChI=1S/C22H25N2O3/c1-2-26-22(25)20-9-11-21(12-10-20)27-16-6-13-23-14-15-24(18-23)17-19-7-4-3-5-8-19/h3-5,7-12,14-15,18H,2,6,13,16-17H2,1H3/q+1. The van der Waals surface area contributed by atoms with Crippen LogP contribution in [0.2, 0.25) is 0 Å². The van der Waals surface area contributed by atoms with Crippen LogP contribution in [-0.2, 0) is 17.8 Å². The number of carbonyl (C=O) groups is 1. The smallest absolute Gasteiger partial charge is 0.338 e. The SMILES string of the molecule is CCOC(=O)c1ccc(OCCCn2cc[n+](Cc3ccccc3)c2)cc1. The van der Waals surface area contributed by atoms with E-state index in [1.807, 2.05) is 6.07 Å². The first kappa shape index (κ1) is 18.7. The lowest BCUT2D eigenvalue weighted by Crippen LogP contribution is -2.31. The van der Waals surface area contributed by atoms with Crippen LogP contribution in [0.4, 0.5) is 0 Å². The van der Waals surface area contributed by atoms with Crippen LogP contribution < -0.4 is 9.30 Å². The van der Waals surface area contributed by atoms with Crippen LogP contribution in [0.25, 0.3) is 0 Å². The Morgan fingerprint density at radius 3 is 2.59 bits per heavy atom. The highest BCUT2D eigenvalue weighted by molar-refractivity contribution is 5.89. The number of nitrogens with zero attached hydrogens (tertiary/aromatic N) is 2. The molecule has 3 aromatic rings. The van der Waals surface area contributed by atoms with Gasteiger partial charge in [0.25, 0.3) is 0 Å². The van der Waals surface area contributed by atoms with Crippen molar-refractivity contribution in [2.75, 3.05) is 13.2 Å². The molecule has 0 spiro atoms. The van der Waals surface area contributed by atoms with Gasteiger partial charge in [-0.3, -0.25) is 0 Å². The summed E-state index contributed by atoms with van der Waals surface area (Å²) < 4.78 is 15.1. The van der Waals surface area contributed by atoms with Crippen LogP contribution in [-0.4, -0.2) is 23.8 Å². The molecule has 0 atom stereocenters. The number of aromatic nitrogens is 2. The maximum Gasteiger partial charge on any atom is 0.338 e. The summed E-state index contributed by atoms with van der Waals surface area (Å²) in [4.78, 5) is 11.6. The van der Waals surface area contributed by atoms with Gasteiger partial charge in [-0.2, -0.15) is 0 Å². The van der Waals surface area contributed by atoms with Crippen molar-refractivity contribution in [1.82, 2.24) is 4.57 Å². The predicted octanol–water partition coefficient (Wildman–Crippen LogP) is 3.47. The maximum absolute atomic E-state index is 11.6. The van der Waals surface area contributed by atoms with E-state index in [1.54, 1.807) is 31.2 Å². The van der Waals surface area contributed by atoms with E-state index in [4.69, 9.17) is 9.47 Å². The van der Waals surface area contributed by atoms with Crippen molar-refractivity contribution in [2.24, 2.45) is 0 Å². The molecule has 140 valence electrons. The first-order valence-electron chi connectivity index (χ1n) is 9.23. The average molecular weight is 365 g/mol. The highest BCUT2D eigenvalue weighted by atomic mass is 16.5. The Kier molecular flexibility index (Phi) is 6.63. The Morgan fingerprint density at radius 2 is 1.85 bits per heavy atom. The molecule has 3 rings (SSSR count). The zero-order valence-electron chi connectivity index (χ0n) is 15.6. The minimum absolute atomic E-state index is 0.305. The van der Waals surface area contributed by atoms with Gasteiger partial charge in [0.1, 0.15) is 24.7 Å². The van der Waals surface area contributed by atoms with Crippen LogP contribution in [0.15, 0.2) is 73.3 Å². The number of carbonyl (C=O) groups excluding carboxylic acids is 1. The highest BCUT2D eigenvalue weighted by Crippen LogP contribution is 2.13. The van der Waals surface area contributed by atoms with Gasteiger partial charge >= 0.3 is 5.97 Å². The van der Waals surface area contributed by atoms with Gasteiger partial charge in [0.15, 0.2) is 0 Å². The second-order valence-electron chi connectivity index (χ2n) is 6.26. The van der Waals surface area contributed by atoms with E-state index in [9.17, 15) is 4.79 Å². The Balaban J connectivity index is 1.41. The van der Waals surface area contributed by atoms with Crippen molar-refractivity contribution in [3.05, 3.63) is 84.4 Å². The number of ether oxygens (including phenoxy) is 2. The summed E-state index contributed by atoms with van der Waals surface area (Å²) in [5.41, 5.74) is 1.83. The molecule has 0 saturated carbocycles. The molecule has 0 aliphatic rings. The Labute approximate surface area is 159 Å². The first-order chi connectivity index (χ1) is 13.2. The molecule has 0 fully saturated rings. The molecule has 0 bridgehead atoms. The van der Waals surface area contributed by atoms with E-state index in [2.05, 4.69) is 52.1 Å². The summed E-state index contributed by atoms with van der Waals surface area (Å²) in [5.74, 6) is 0.454. The van der Waals surface area contributed by atoms with Crippen LogP contribution in [0, 0.1) is 0 Å². The van der Waals surface area contributed by atoms with E-state index in [1.165, 1.54) is 5.56 Å². The topological polar surface area (TPSA) is 44.3 Å². The summed E-state index contributed by atoms with van der Waals surface area (Å²) in [6.07, 6.45) is 7.18. The molecule has 0 N–H and O–H groups in total. The van der Waals surface area contributed by atoms with Crippen molar-refractivity contribution in [2.45, 2.75) is 26.4 Å². The van der Waals surface area contributed by atoms with E-state index in [0.29, 0.717) is 18.8 Å². The third-order valence-electron chi connectivity index (χ3n) is 4.15. The number of imidazole rings is 1. The molecule has 5 nitrogen and oxygen atoms in total. The summed E-state index contributed by atoms with van der Waals surface area (Å²) in [6.45, 7) is 4.56. The van der Waals surface area contributed by atoms with Crippen LogP contribution in [0.1, 0.15) is 29.3 Å². The zero-order valence-corrected chi connectivity index (χ0v) is 15.6. The fraction of sp³-hybridized carbons (Fsp3) is 0.273. The molecule has 0 radical (unpaired) electrons. The molecule has 1 heterocycles. The molecule has 0 unspecified atom stereocenters. The van der Waals surface area contributed by atoms with Gasteiger partial charge < -0.3 is 9.47 Å². The second-order valence-corrected chi connectivity index (χ2v) is 6.26. The van der Waals surface area contributed by atoms with Gasteiger partial charge in [0.2, 0.25) is 6.33 Å². The highest BCUT2D eigenvalue weighted by Gasteiger charge is 2.07. The molecular formula is C22H25N2O3+. The van der Waals surface area contributed by atoms with Gasteiger partial charge in [0, 0.05) is 6.42 Å². The van der Waals surface area contributed by atoms with Crippen molar-refractivity contribution in [1.29, 1.82) is 0 Å². The fourth-order valence-electron chi connectivity index (χ4n) is 2.80. The van der Waals surface area contributed by atoms with E-state index in [0.717, 1.165) is 25.3 Å². The van der Waals surface area contributed by atoms with Crippen molar-refractivity contribution in [3.8, 4) is 5.75 Å². The quantitative estimate of drug-likeness (QED) is 0.331. The van der Waals surface area contributed by atoms with Crippen LogP contribution >= 0.6 is 0 Å². The normalized spacial score (nSPS) is 10.6. The average Bonchev–Trinajstić information content (AvgIpc) is 3.14. The minimum atomic E-state index is -0.305. The summed E-state index contributed by atoms with van der Waals surface area (Å²) in [5, 5.41) is 0. The third-order valence-corrected chi connectivity index (χ3v) is 4.15. The first-order valence-corrected chi connectivity index (χ1v) is 9.23. The fourth-order valence-corrected chi connectivity index (χ4v) is 2.80. The molecule has 2 aromatic carbocycles. The van der Waals surface area contributed by atoms with Crippen molar-refractivity contribution >= 4 is 5.97 Å². The lowest BCUT2D eigenvalue weighted by molar-refractivity contribution is -0.687. The summed E-state index contributed by atoms with van der Waals surface area (Å²) in [6, 6.07) is 17.5. The lowest BCUT2D eigenvalue weighted by atomic mass is 10.2. The van der Waals surface area contributed by atoms with Crippen molar-refractivity contribution < 1.29 is 18.8 Å². The molecule has 0 saturated heterocycles. The molecule has 1 aromatic heterocycles. The maximum atomic E-state index is 11.6. The molecule has 0 aliphatic heterocycles. The van der Waals surface area contributed by atoms with Gasteiger partial charge in [-0.25, -0.2) is 13.9 Å². The van der Waals surface area contributed by atoms with E-state index >= 15 is 0 Å². The molecular weight excluding hydrogens is 340 g/mol. The number of hydrogen-bond donors (Lipinski definition) is 0.